The smallest absolute Gasteiger partial charge is 0.194 e. The molecule has 1 aromatic heterocycles. The second kappa shape index (κ2) is 9.73. The lowest BCUT2D eigenvalue weighted by Gasteiger charge is -2.42. The van der Waals surface area contributed by atoms with Gasteiger partial charge in [0.25, 0.3) is 0 Å². The molecule has 0 spiro atoms. The lowest BCUT2D eigenvalue weighted by molar-refractivity contribution is -0.203. The highest BCUT2D eigenvalue weighted by Crippen LogP contribution is 2.33. The molecular weight excluding hydrogens is 449 g/mol. The summed E-state index contributed by atoms with van der Waals surface area (Å²) in [5, 5.41) is 51.9. The summed E-state index contributed by atoms with van der Waals surface area (Å²) in [6.07, 6.45) is -2.73. The molecule has 13 heteroatoms. The average molecular weight is 472 g/mol. The lowest BCUT2D eigenvalue weighted by atomic mass is 9.89. The number of aliphatic hydroxyl groups is 4. The molecule has 0 saturated carbocycles. The molecule has 0 bridgehead atoms. The lowest BCUT2D eigenvalue weighted by Crippen LogP contribution is -2.56. The SMILES string of the molecule is OCCC1CC(C[C@H]2O[C@H](CO)[C@H](O)[C@H](n3cc(-c4cc(F)c(F)c(F)c4)nn3)[C@H]2O)=NO1. The van der Waals surface area contributed by atoms with Crippen LogP contribution in [0, 0.1) is 17.5 Å². The number of hydrogen-bond donors (Lipinski definition) is 4. The molecule has 0 amide bonds. The van der Waals surface area contributed by atoms with E-state index in [0.717, 1.165) is 16.8 Å². The number of rotatable bonds is 7. The first-order chi connectivity index (χ1) is 15.8. The molecule has 1 fully saturated rings. The molecule has 6 atom stereocenters. The van der Waals surface area contributed by atoms with Crippen molar-refractivity contribution in [1.29, 1.82) is 0 Å². The van der Waals surface area contributed by atoms with Crippen LogP contribution in [-0.2, 0) is 9.57 Å². The van der Waals surface area contributed by atoms with E-state index in [1.807, 2.05) is 0 Å². The van der Waals surface area contributed by atoms with Gasteiger partial charge in [0.2, 0.25) is 0 Å². The van der Waals surface area contributed by atoms with Crippen molar-refractivity contribution in [2.45, 2.75) is 55.8 Å². The number of hydrogen-bond acceptors (Lipinski definition) is 9. The molecule has 4 N–H and O–H groups in total. The van der Waals surface area contributed by atoms with Crippen LogP contribution in [0.2, 0.25) is 0 Å². The molecule has 1 unspecified atom stereocenters. The van der Waals surface area contributed by atoms with E-state index in [1.54, 1.807) is 0 Å². The van der Waals surface area contributed by atoms with E-state index in [0.29, 0.717) is 18.6 Å². The Morgan fingerprint density at radius 1 is 1.06 bits per heavy atom. The van der Waals surface area contributed by atoms with E-state index in [2.05, 4.69) is 15.5 Å². The Balaban J connectivity index is 1.56. The van der Waals surface area contributed by atoms with Gasteiger partial charge in [-0.1, -0.05) is 10.4 Å². The first kappa shape index (κ1) is 23.6. The highest BCUT2D eigenvalue weighted by Gasteiger charge is 2.46. The molecule has 2 aliphatic rings. The van der Waals surface area contributed by atoms with E-state index in [-0.39, 0.29) is 30.4 Å². The molecule has 1 aromatic carbocycles. The van der Waals surface area contributed by atoms with Gasteiger partial charge >= 0.3 is 0 Å². The van der Waals surface area contributed by atoms with Crippen LogP contribution in [-0.4, -0.2) is 84.9 Å². The minimum atomic E-state index is -1.62. The van der Waals surface area contributed by atoms with Gasteiger partial charge < -0.3 is 30.0 Å². The Kier molecular flexibility index (Phi) is 6.95. The van der Waals surface area contributed by atoms with Gasteiger partial charge in [-0.15, -0.1) is 5.10 Å². The van der Waals surface area contributed by atoms with Gasteiger partial charge in [-0.05, 0) is 12.1 Å². The number of ether oxygens (including phenoxy) is 1. The van der Waals surface area contributed by atoms with Gasteiger partial charge in [-0.25, -0.2) is 17.9 Å². The molecular formula is C20H23F3N4O6. The number of oxime groups is 1. The number of aromatic nitrogens is 3. The van der Waals surface area contributed by atoms with Crippen LogP contribution in [0.25, 0.3) is 11.3 Å². The van der Waals surface area contributed by atoms with Crippen molar-refractivity contribution in [3.63, 3.8) is 0 Å². The summed E-state index contributed by atoms with van der Waals surface area (Å²) in [6, 6.07) is 0.391. The fourth-order valence-corrected chi connectivity index (χ4v) is 4.06. The molecule has 10 nitrogen and oxygen atoms in total. The maximum absolute atomic E-state index is 13.6. The quantitative estimate of drug-likeness (QED) is 0.422. The molecule has 2 aromatic rings. The van der Waals surface area contributed by atoms with Crippen LogP contribution >= 0.6 is 0 Å². The minimum absolute atomic E-state index is 0.0174. The number of halogens is 3. The first-order valence-electron chi connectivity index (χ1n) is 10.3. The Hall–Kier alpha value is -2.58. The molecule has 0 radical (unpaired) electrons. The zero-order valence-electron chi connectivity index (χ0n) is 17.3. The van der Waals surface area contributed by atoms with E-state index >= 15 is 0 Å². The van der Waals surface area contributed by atoms with E-state index in [4.69, 9.17) is 14.7 Å². The molecule has 3 heterocycles. The second-order valence-corrected chi connectivity index (χ2v) is 8.01. The van der Waals surface area contributed by atoms with Gasteiger partial charge in [0.05, 0.1) is 24.6 Å². The summed E-state index contributed by atoms with van der Waals surface area (Å²) in [4.78, 5) is 5.23. The third-order valence-corrected chi connectivity index (χ3v) is 5.77. The van der Waals surface area contributed by atoms with Crippen molar-refractivity contribution in [2.75, 3.05) is 13.2 Å². The van der Waals surface area contributed by atoms with E-state index < -0.39 is 54.5 Å². The normalized spacial score (nSPS) is 29.7. The van der Waals surface area contributed by atoms with E-state index in [1.165, 1.54) is 6.20 Å². The Morgan fingerprint density at radius 3 is 2.42 bits per heavy atom. The van der Waals surface area contributed by atoms with E-state index in [9.17, 15) is 28.5 Å². The Labute approximate surface area is 185 Å². The van der Waals surface area contributed by atoms with Crippen molar-refractivity contribution in [1.82, 2.24) is 15.0 Å². The second-order valence-electron chi connectivity index (χ2n) is 8.01. The highest BCUT2D eigenvalue weighted by molar-refractivity contribution is 5.86. The number of benzene rings is 1. The Morgan fingerprint density at radius 2 is 1.76 bits per heavy atom. The average Bonchev–Trinajstić information content (AvgIpc) is 3.44. The number of aliphatic hydroxyl groups excluding tert-OH is 4. The summed E-state index contributed by atoms with van der Waals surface area (Å²) in [7, 11) is 0. The molecule has 1 saturated heterocycles. The summed E-state index contributed by atoms with van der Waals surface area (Å²) in [5.74, 6) is -4.41. The van der Waals surface area contributed by atoms with Crippen molar-refractivity contribution >= 4 is 5.71 Å². The van der Waals surface area contributed by atoms with Crippen molar-refractivity contribution < 1.29 is 43.2 Å². The zero-order valence-corrected chi connectivity index (χ0v) is 17.3. The van der Waals surface area contributed by atoms with Gasteiger partial charge in [0.1, 0.15) is 36.2 Å². The van der Waals surface area contributed by atoms with Gasteiger partial charge in [-0.2, -0.15) is 0 Å². The van der Waals surface area contributed by atoms with Gasteiger partial charge in [0.15, 0.2) is 17.5 Å². The van der Waals surface area contributed by atoms with Crippen molar-refractivity contribution in [3.05, 3.63) is 35.8 Å². The summed E-state index contributed by atoms with van der Waals surface area (Å²) >= 11 is 0. The summed E-state index contributed by atoms with van der Waals surface area (Å²) < 4.78 is 47.2. The van der Waals surface area contributed by atoms with Crippen LogP contribution in [0.5, 0.6) is 0 Å². The molecule has 4 rings (SSSR count). The summed E-state index contributed by atoms with van der Waals surface area (Å²) in [6.45, 7) is -0.611. The van der Waals surface area contributed by atoms with Gasteiger partial charge in [0, 0.05) is 31.4 Å². The highest BCUT2D eigenvalue weighted by atomic mass is 19.2. The molecule has 33 heavy (non-hydrogen) atoms. The van der Waals surface area contributed by atoms with Crippen molar-refractivity contribution in [2.24, 2.45) is 5.16 Å². The zero-order chi connectivity index (χ0) is 23.7. The fourth-order valence-electron chi connectivity index (χ4n) is 4.06. The van der Waals surface area contributed by atoms with Crippen LogP contribution in [0.15, 0.2) is 23.5 Å². The predicted molar refractivity (Wildman–Crippen MR) is 105 cm³/mol. The van der Waals surface area contributed by atoms with Crippen LogP contribution in [0.3, 0.4) is 0 Å². The topological polar surface area (TPSA) is 142 Å². The minimum Gasteiger partial charge on any atom is -0.396 e. The molecule has 0 aliphatic carbocycles. The Bertz CT molecular complexity index is 998. The summed E-state index contributed by atoms with van der Waals surface area (Å²) in [5.41, 5.74) is 0.480. The molecule has 2 aliphatic heterocycles. The fraction of sp³-hybridized carbons (Fsp3) is 0.550. The third kappa shape index (κ3) is 4.73. The van der Waals surface area contributed by atoms with Crippen molar-refractivity contribution in [3.8, 4) is 11.3 Å². The van der Waals surface area contributed by atoms with Crippen LogP contribution < -0.4 is 0 Å². The maximum Gasteiger partial charge on any atom is 0.194 e. The van der Waals surface area contributed by atoms with Gasteiger partial charge in [-0.3, -0.25) is 0 Å². The molecule has 180 valence electrons. The van der Waals surface area contributed by atoms with Crippen LogP contribution in [0.1, 0.15) is 25.3 Å². The standard InChI is InChI=1S/C20H23F3N4O6/c21-12-3-9(4-13(22)17(12)23)14-7-27(26-24-14)18-19(30)15(32-16(8-29)20(18)31)6-10-5-11(1-2-28)33-25-10/h3-4,7,11,15-16,18-20,28-31H,1-2,5-6,8H2/t11?,15-,16-,18-,19+,20+/m1/s1. The number of nitrogens with zero attached hydrogens (tertiary/aromatic N) is 4. The predicted octanol–water partition coefficient (Wildman–Crippen LogP) is 0.302. The monoisotopic (exact) mass is 472 g/mol. The third-order valence-electron chi connectivity index (χ3n) is 5.77. The maximum atomic E-state index is 13.6. The first-order valence-corrected chi connectivity index (χ1v) is 10.3. The largest absolute Gasteiger partial charge is 0.396 e. The van der Waals surface area contributed by atoms with Crippen LogP contribution in [0.4, 0.5) is 13.2 Å².